The standard InChI is InChI=1S/C19H24F3N5O2S.HI/c1-3-23-18(25-9-8-24-17(28)16-13(2)27-12-30-16)26-10-14-4-6-15(7-5-14)29-11-19(20,21)22;/h4-7,12H,3,8-11H2,1-2H3,(H,24,28)(H2,23,25,26);1H. The predicted octanol–water partition coefficient (Wildman–Crippen LogP) is 3.50. The molecule has 7 nitrogen and oxygen atoms in total. The minimum atomic E-state index is -4.37. The second kappa shape index (κ2) is 13.3. The molecule has 172 valence electrons. The van der Waals surface area contributed by atoms with Gasteiger partial charge in [-0.2, -0.15) is 13.2 Å². The molecule has 0 aliphatic carbocycles. The summed E-state index contributed by atoms with van der Waals surface area (Å²) in [5.74, 6) is 0.557. The Labute approximate surface area is 199 Å². The van der Waals surface area contributed by atoms with E-state index in [1.165, 1.54) is 23.5 Å². The third-order valence-corrected chi connectivity index (χ3v) is 4.67. The van der Waals surface area contributed by atoms with Crippen molar-refractivity contribution in [1.82, 2.24) is 20.9 Å². The fourth-order valence-electron chi connectivity index (χ4n) is 2.33. The summed E-state index contributed by atoms with van der Waals surface area (Å²) in [6.45, 7) is 4.26. The maximum atomic E-state index is 12.2. The van der Waals surface area contributed by atoms with Gasteiger partial charge in [-0.1, -0.05) is 12.1 Å². The minimum Gasteiger partial charge on any atom is -0.484 e. The van der Waals surface area contributed by atoms with Crippen molar-refractivity contribution in [2.24, 2.45) is 4.99 Å². The van der Waals surface area contributed by atoms with Gasteiger partial charge in [0.1, 0.15) is 10.6 Å². The highest BCUT2D eigenvalue weighted by Crippen LogP contribution is 2.19. The van der Waals surface area contributed by atoms with Crippen LogP contribution in [0.4, 0.5) is 13.2 Å². The third kappa shape index (κ3) is 10.2. The molecule has 0 fully saturated rings. The number of thiazole rings is 1. The molecule has 12 heteroatoms. The van der Waals surface area contributed by atoms with E-state index in [0.29, 0.717) is 42.7 Å². The normalized spacial score (nSPS) is 11.5. The summed E-state index contributed by atoms with van der Waals surface area (Å²) in [5.41, 5.74) is 3.16. The summed E-state index contributed by atoms with van der Waals surface area (Å²) < 4.78 is 41.2. The molecule has 2 aromatic rings. The van der Waals surface area contributed by atoms with Gasteiger partial charge < -0.3 is 20.7 Å². The number of nitrogens with one attached hydrogen (secondary N) is 3. The maximum absolute atomic E-state index is 12.2. The highest BCUT2D eigenvalue weighted by atomic mass is 127. The molecule has 0 atom stereocenters. The van der Waals surface area contributed by atoms with Crippen molar-refractivity contribution in [3.8, 4) is 5.75 Å². The maximum Gasteiger partial charge on any atom is 0.422 e. The Bertz CT molecular complexity index is 844. The molecule has 0 saturated heterocycles. The largest absolute Gasteiger partial charge is 0.484 e. The van der Waals surface area contributed by atoms with Crippen LogP contribution in [0.5, 0.6) is 5.75 Å². The van der Waals surface area contributed by atoms with Crippen LogP contribution >= 0.6 is 35.3 Å². The molecule has 1 amide bonds. The number of aromatic nitrogens is 1. The average molecular weight is 571 g/mol. The van der Waals surface area contributed by atoms with Crippen LogP contribution in [0.2, 0.25) is 0 Å². The van der Waals surface area contributed by atoms with Gasteiger partial charge in [-0.05, 0) is 31.5 Å². The first kappa shape index (κ1) is 26.9. The van der Waals surface area contributed by atoms with Crippen LogP contribution in [-0.2, 0) is 6.54 Å². The Balaban J connectivity index is 0.00000480. The van der Waals surface area contributed by atoms with E-state index >= 15 is 0 Å². The molecule has 0 saturated carbocycles. The average Bonchev–Trinajstić information content (AvgIpc) is 3.13. The molecule has 1 aromatic carbocycles. The first-order valence-corrected chi connectivity index (χ1v) is 10.2. The lowest BCUT2D eigenvalue weighted by molar-refractivity contribution is -0.153. The van der Waals surface area contributed by atoms with E-state index in [0.717, 1.165) is 5.56 Å². The molecule has 2 rings (SSSR count). The molecule has 1 heterocycles. The van der Waals surface area contributed by atoms with Gasteiger partial charge in [-0.15, -0.1) is 35.3 Å². The number of hydrogen-bond acceptors (Lipinski definition) is 5. The van der Waals surface area contributed by atoms with Crippen molar-refractivity contribution >= 4 is 47.2 Å². The Morgan fingerprint density at radius 3 is 2.42 bits per heavy atom. The molecule has 3 N–H and O–H groups in total. The van der Waals surface area contributed by atoms with Crippen molar-refractivity contribution in [2.75, 3.05) is 26.2 Å². The fraction of sp³-hybridized carbons (Fsp3) is 0.421. The first-order valence-electron chi connectivity index (χ1n) is 9.27. The van der Waals surface area contributed by atoms with Gasteiger partial charge in [0.2, 0.25) is 0 Å². The highest BCUT2D eigenvalue weighted by molar-refractivity contribution is 14.0. The zero-order valence-electron chi connectivity index (χ0n) is 17.1. The number of hydrogen-bond donors (Lipinski definition) is 3. The predicted molar refractivity (Wildman–Crippen MR) is 125 cm³/mol. The summed E-state index contributed by atoms with van der Waals surface area (Å²) in [6.07, 6.45) is -4.37. The van der Waals surface area contributed by atoms with Crippen LogP contribution in [0.25, 0.3) is 0 Å². The molecule has 0 aliphatic heterocycles. The highest BCUT2D eigenvalue weighted by Gasteiger charge is 2.28. The number of aryl methyl sites for hydroxylation is 1. The number of aliphatic imine (C=N–C) groups is 1. The second-order valence-corrected chi connectivity index (χ2v) is 7.05. The van der Waals surface area contributed by atoms with Gasteiger partial charge in [0, 0.05) is 19.6 Å². The summed E-state index contributed by atoms with van der Waals surface area (Å²) in [6, 6.07) is 6.29. The van der Waals surface area contributed by atoms with E-state index in [1.54, 1.807) is 24.6 Å². The lowest BCUT2D eigenvalue weighted by Crippen LogP contribution is -2.41. The summed E-state index contributed by atoms with van der Waals surface area (Å²) in [4.78, 5) is 21.1. The van der Waals surface area contributed by atoms with Gasteiger partial charge in [0.25, 0.3) is 5.91 Å². The summed E-state index contributed by atoms with van der Waals surface area (Å²) in [5, 5.41) is 9.03. The molecule has 0 spiro atoms. The van der Waals surface area contributed by atoms with E-state index in [4.69, 9.17) is 0 Å². The van der Waals surface area contributed by atoms with E-state index in [-0.39, 0.29) is 35.6 Å². The van der Waals surface area contributed by atoms with E-state index in [9.17, 15) is 18.0 Å². The van der Waals surface area contributed by atoms with E-state index in [1.807, 2.05) is 6.92 Å². The zero-order valence-corrected chi connectivity index (χ0v) is 20.2. The number of halogens is 4. The van der Waals surface area contributed by atoms with Gasteiger partial charge in [0.05, 0.1) is 17.7 Å². The molecular weight excluding hydrogens is 546 g/mol. The van der Waals surface area contributed by atoms with Crippen LogP contribution in [0.3, 0.4) is 0 Å². The quantitative estimate of drug-likeness (QED) is 0.186. The van der Waals surface area contributed by atoms with Crippen molar-refractivity contribution in [2.45, 2.75) is 26.6 Å². The molecule has 0 aliphatic rings. The number of rotatable bonds is 9. The topological polar surface area (TPSA) is 87.6 Å². The summed E-state index contributed by atoms with van der Waals surface area (Å²) in [7, 11) is 0. The molecule has 0 bridgehead atoms. The number of benzene rings is 1. The van der Waals surface area contributed by atoms with Crippen molar-refractivity contribution in [1.29, 1.82) is 0 Å². The summed E-state index contributed by atoms with van der Waals surface area (Å²) >= 11 is 1.30. The Hall–Kier alpha value is -2.09. The number of amides is 1. The van der Waals surface area contributed by atoms with Gasteiger partial charge >= 0.3 is 6.18 Å². The van der Waals surface area contributed by atoms with Crippen LogP contribution in [0.15, 0.2) is 34.8 Å². The number of alkyl halides is 3. The van der Waals surface area contributed by atoms with Gasteiger partial charge in [-0.3, -0.25) is 4.79 Å². The van der Waals surface area contributed by atoms with Crippen molar-refractivity contribution in [3.05, 3.63) is 45.9 Å². The van der Waals surface area contributed by atoms with Crippen molar-refractivity contribution < 1.29 is 22.7 Å². The lowest BCUT2D eigenvalue weighted by atomic mass is 10.2. The molecule has 0 radical (unpaired) electrons. The number of carbonyl (C=O) groups excluding carboxylic acids is 1. The van der Waals surface area contributed by atoms with Crippen LogP contribution in [-0.4, -0.2) is 49.3 Å². The minimum absolute atomic E-state index is 0. The monoisotopic (exact) mass is 571 g/mol. The number of guanidine groups is 1. The fourth-order valence-corrected chi connectivity index (χ4v) is 3.04. The van der Waals surface area contributed by atoms with E-state index in [2.05, 4.69) is 30.7 Å². The van der Waals surface area contributed by atoms with Gasteiger partial charge in [-0.25, -0.2) is 9.98 Å². The lowest BCUT2D eigenvalue weighted by Gasteiger charge is -2.12. The van der Waals surface area contributed by atoms with Crippen molar-refractivity contribution in [3.63, 3.8) is 0 Å². The Morgan fingerprint density at radius 1 is 1.16 bits per heavy atom. The molecule has 31 heavy (non-hydrogen) atoms. The second-order valence-electron chi connectivity index (χ2n) is 6.19. The molecule has 0 unspecified atom stereocenters. The zero-order chi connectivity index (χ0) is 22.0. The number of ether oxygens (including phenoxy) is 1. The SMILES string of the molecule is CCNC(=NCc1ccc(OCC(F)(F)F)cc1)NCCNC(=O)c1scnc1C.I. The Morgan fingerprint density at radius 2 is 1.84 bits per heavy atom. The molecule has 1 aromatic heterocycles. The van der Waals surface area contributed by atoms with E-state index < -0.39 is 12.8 Å². The Kier molecular flexibility index (Phi) is 11.6. The third-order valence-electron chi connectivity index (χ3n) is 3.74. The smallest absolute Gasteiger partial charge is 0.422 e. The number of carbonyl (C=O) groups is 1. The van der Waals surface area contributed by atoms with Crippen LogP contribution < -0.4 is 20.7 Å². The van der Waals surface area contributed by atoms with Crippen LogP contribution in [0, 0.1) is 6.92 Å². The van der Waals surface area contributed by atoms with Crippen LogP contribution in [0.1, 0.15) is 27.9 Å². The number of nitrogens with zero attached hydrogens (tertiary/aromatic N) is 2. The molecular formula is C19H25F3IN5O2S. The first-order chi connectivity index (χ1) is 14.3. The van der Waals surface area contributed by atoms with Gasteiger partial charge in [0.15, 0.2) is 12.6 Å².